The Morgan fingerprint density at radius 3 is 2.67 bits per heavy atom. The van der Waals surface area contributed by atoms with Crippen LogP contribution in [0.25, 0.3) is 22.5 Å². The second-order valence-corrected chi connectivity index (χ2v) is 5.59. The number of hydrogen-bond acceptors (Lipinski definition) is 7. The van der Waals surface area contributed by atoms with Crippen LogP contribution in [0, 0.1) is 0 Å². The van der Waals surface area contributed by atoms with Crippen LogP contribution < -0.4 is 0 Å². The Bertz CT molecular complexity index is 948. The lowest BCUT2D eigenvalue weighted by Gasteiger charge is -2.14. The van der Waals surface area contributed by atoms with Gasteiger partial charge in [-0.3, -0.25) is 4.90 Å². The molecule has 0 N–H and O–H groups in total. The molecule has 0 unspecified atom stereocenters. The third-order valence-corrected chi connectivity index (χ3v) is 3.70. The van der Waals surface area contributed by atoms with Crippen LogP contribution in [-0.4, -0.2) is 32.5 Å². The van der Waals surface area contributed by atoms with Crippen molar-refractivity contribution in [3.8, 4) is 11.5 Å². The summed E-state index contributed by atoms with van der Waals surface area (Å²) < 4.78 is 10.5. The predicted molar refractivity (Wildman–Crippen MR) is 86.7 cm³/mol. The summed E-state index contributed by atoms with van der Waals surface area (Å²) in [5.74, 6) is 1.10. The van der Waals surface area contributed by atoms with Crippen LogP contribution in [0.5, 0.6) is 0 Å². The first kappa shape index (κ1) is 14.5. The first-order chi connectivity index (χ1) is 11.8. The third kappa shape index (κ3) is 2.89. The van der Waals surface area contributed by atoms with Crippen LogP contribution in [0.2, 0.25) is 0 Å². The van der Waals surface area contributed by atoms with E-state index in [0.717, 1.165) is 22.2 Å². The molecular weight excluding hydrogens is 306 g/mol. The van der Waals surface area contributed by atoms with Crippen molar-refractivity contribution >= 4 is 11.0 Å². The Hall–Kier alpha value is -3.06. The van der Waals surface area contributed by atoms with Crippen molar-refractivity contribution in [1.82, 2.24) is 25.4 Å². The van der Waals surface area contributed by atoms with Crippen molar-refractivity contribution in [3.05, 3.63) is 60.0 Å². The molecule has 2 heterocycles. The van der Waals surface area contributed by atoms with E-state index < -0.39 is 0 Å². The van der Waals surface area contributed by atoms with Gasteiger partial charge in [0.05, 0.1) is 6.54 Å². The van der Waals surface area contributed by atoms with Gasteiger partial charge in [-0.1, -0.05) is 30.3 Å². The molecule has 0 aliphatic rings. The zero-order valence-corrected chi connectivity index (χ0v) is 13.1. The highest BCUT2D eigenvalue weighted by molar-refractivity contribution is 5.76. The average Bonchev–Trinajstić information content (AvgIpc) is 3.25. The normalized spacial score (nSPS) is 11.4. The van der Waals surface area contributed by atoms with E-state index >= 15 is 0 Å². The monoisotopic (exact) mass is 321 g/mol. The lowest BCUT2D eigenvalue weighted by Crippen LogP contribution is -2.17. The molecule has 120 valence electrons. The molecule has 7 nitrogen and oxygen atoms in total. The second-order valence-electron chi connectivity index (χ2n) is 5.59. The molecular formula is C17H15N5O2. The summed E-state index contributed by atoms with van der Waals surface area (Å²) in [6.45, 7) is 1.22. The van der Waals surface area contributed by atoms with Gasteiger partial charge in [-0.25, -0.2) is 4.63 Å². The van der Waals surface area contributed by atoms with Gasteiger partial charge in [0, 0.05) is 12.1 Å². The zero-order chi connectivity index (χ0) is 16.4. The average molecular weight is 321 g/mol. The smallest absolute Gasteiger partial charge is 0.247 e. The molecule has 7 heteroatoms. The van der Waals surface area contributed by atoms with E-state index in [4.69, 9.17) is 9.05 Å². The molecule has 2 aromatic heterocycles. The van der Waals surface area contributed by atoms with Gasteiger partial charge < -0.3 is 4.42 Å². The third-order valence-electron chi connectivity index (χ3n) is 3.70. The van der Waals surface area contributed by atoms with Gasteiger partial charge in [0.1, 0.15) is 11.0 Å². The molecule has 0 fully saturated rings. The van der Waals surface area contributed by atoms with Gasteiger partial charge in [-0.15, -0.1) is 10.2 Å². The van der Waals surface area contributed by atoms with Gasteiger partial charge in [0.15, 0.2) is 0 Å². The largest absolute Gasteiger partial charge is 0.419 e. The van der Waals surface area contributed by atoms with E-state index in [0.29, 0.717) is 24.9 Å². The van der Waals surface area contributed by atoms with Gasteiger partial charge in [0.25, 0.3) is 0 Å². The number of benzene rings is 2. The maximum absolute atomic E-state index is 5.74. The van der Waals surface area contributed by atoms with E-state index in [1.54, 1.807) is 0 Å². The highest BCUT2D eigenvalue weighted by Gasteiger charge is 2.13. The van der Waals surface area contributed by atoms with E-state index in [2.05, 4.69) is 25.4 Å². The van der Waals surface area contributed by atoms with Crippen molar-refractivity contribution in [3.63, 3.8) is 0 Å². The van der Waals surface area contributed by atoms with Gasteiger partial charge in [-0.2, -0.15) is 0 Å². The Labute approximate surface area is 137 Å². The second kappa shape index (κ2) is 6.21. The fourth-order valence-corrected chi connectivity index (χ4v) is 2.58. The van der Waals surface area contributed by atoms with E-state index in [1.165, 1.54) is 0 Å². The topological polar surface area (TPSA) is 81.1 Å². The Balaban J connectivity index is 1.48. The number of aromatic nitrogens is 4. The van der Waals surface area contributed by atoms with Crippen molar-refractivity contribution in [2.45, 2.75) is 13.1 Å². The molecule has 0 atom stereocenters. The molecule has 0 aliphatic heterocycles. The highest BCUT2D eigenvalue weighted by Crippen LogP contribution is 2.19. The molecule has 0 aliphatic carbocycles. The van der Waals surface area contributed by atoms with Crippen LogP contribution in [0.15, 0.2) is 57.6 Å². The Morgan fingerprint density at radius 1 is 0.917 bits per heavy atom. The molecule has 0 radical (unpaired) electrons. The highest BCUT2D eigenvalue weighted by atomic mass is 16.6. The lowest BCUT2D eigenvalue weighted by atomic mass is 10.2. The first-order valence-corrected chi connectivity index (χ1v) is 7.56. The van der Waals surface area contributed by atoms with Gasteiger partial charge in [0.2, 0.25) is 11.8 Å². The summed E-state index contributed by atoms with van der Waals surface area (Å²) in [6, 6.07) is 15.5. The first-order valence-electron chi connectivity index (χ1n) is 7.56. The number of nitrogens with zero attached hydrogens (tertiary/aromatic N) is 5. The Morgan fingerprint density at radius 2 is 1.79 bits per heavy atom. The van der Waals surface area contributed by atoms with Crippen LogP contribution in [0.4, 0.5) is 0 Å². The maximum Gasteiger partial charge on any atom is 0.247 e. The SMILES string of the molecule is CN(Cc1nnc(-c2ccccc2)o1)Cc1cccc2nonc12. The van der Waals surface area contributed by atoms with Crippen molar-refractivity contribution in [2.75, 3.05) is 7.05 Å². The van der Waals surface area contributed by atoms with Gasteiger partial charge >= 0.3 is 0 Å². The molecule has 0 amide bonds. The lowest BCUT2D eigenvalue weighted by molar-refractivity contribution is 0.282. The number of hydrogen-bond donors (Lipinski definition) is 0. The summed E-state index contributed by atoms with van der Waals surface area (Å²) in [5.41, 5.74) is 3.49. The quantitative estimate of drug-likeness (QED) is 0.559. The molecule has 2 aromatic carbocycles. The predicted octanol–water partition coefficient (Wildman–Crippen LogP) is 2.90. The van der Waals surface area contributed by atoms with E-state index in [9.17, 15) is 0 Å². The standard InChI is InChI=1S/C17H15N5O2/c1-22(10-13-8-5-9-14-16(13)21-24-20-14)11-15-18-19-17(23-15)12-6-3-2-4-7-12/h2-9H,10-11H2,1H3. The minimum absolute atomic E-state index is 0.529. The van der Waals surface area contributed by atoms with Gasteiger partial charge in [-0.05, 0) is 41.1 Å². The van der Waals surface area contributed by atoms with Crippen LogP contribution in [0.3, 0.4) is 0 Å². The fraction of sp³-hybridized carbons (Fsp3) is 0.176. The molecule has 4 rings (SSSR count). The van der Waals surface area contributed by atoms with E-state index in [-0.39, 0.29) is 0 Å². The summed E-state index contributed by atoms with van der Waals surface area (Å²) in [5, 5.41) is 16.0. The molecule has 0 saturated heterocycles. The van der Waals surface area contributed by atoms with Crippen LogP contribution in [-0.2, 0) is 13.1 Å². The van der Waals surface area contributed by atoms with Crippen molar-refractivity contribution in [1.29, 1.82) is 0 Å². The van der Waals surface area contributed by atoms with Crippen LogP contribution >= 0.6 is 0 Å². The molecule has 24 heavy (non-hydrogen) atoms. The summed E-state index contributed by atoms with van der Waals surface area (Å²) in [6.07, 6.45) is 0. The van der Waals surface area contributed by atoms with E-state index in [1.807, 2.05) is 55.6 Å². The summed E-state index contributed by atoms with van der Waals surface area (Å²) in [4.78, 5) is 2.08. The molecule has 4 aromatic rings. The number of fused-ring (bicyclic) bond motifs is 1. The fourth-order valence-electron chi connectivity index (χ4n) is 2.58. The number of rotatable bonds is 5. The minimum atomic E-state index is 0.529. The maximum atomic E-state index is 5.74. The molecule has 0 spiro atoms. The van der Waals surface area contributed by atoms with Crippen molar-refractivity contribution < 1.29 is 9.05 Å². The Kier molecular flexibility index (Phi) is 3.76. The molecule has 0 bridgehead atoms. The van der Waals surface area contributed by atoms with Crippen molar-refractivity contribution in [2.24, 2.45) is 0 Å². The molecule has 0 saturated carbocycles. The summed E-state index contributed by atoms with van der Waals surface area (Å²) in [7, 11) is 1.98. The summed E-state index contributed by atoms with van der Waals surface area (Å²) >= 11 is 0. The zero-order valence-electron chi connectivity index (χ0n) is 13.1. The minimum Gasteiger partial charge on any atom is -0.419 e. The van der Waals surface area contributed by atoms with Crippen LogP contribution in [0.1, 0.15) is 11.5 Å².